The summed E-state index contributed by atoms with van der Waals surface area (Å²) in [7, 11) is 0. The molecule has 1 amide bonds. The van der Waals surface area contributed by atoms with Gasteiger partial charge in [0.2, 0.25) is 11.8 Å². The van der Waals surface area contributed by atoms with Crippen molar-refractivity contribution in [3.8, 4) is 17.3 Å². The second-order valence-electron chi connectivity index (χ2n) is 6.63. The number of amides is 1. The van der Waals surface area contributed by atoms with E-state index < -0.39 is 0 Å². The Bertz CT molecular complexity index is 1100. The Labute approximate surface area is 173 Å². The molecule has 0 aliphatic carbocycles. The Morgan fingerprint density at radius 3 is 2.77 bits per heavy atom. The molecule has 0 unspecified atom stereocenters. The summed E-state index contributed by atoms with van der Waals surface area (Å²) in [5.74, 6) is 1.04. The van der Waals surface area contributed by atoms with Crippen molar-refractivity contribution in [2.75, 3.05) is 6.54 Å². The van der Waals surface area contributed by atoms with Gasteiger partial charge in [-0.2, -0.15) is 0 Å². The number of furan rings is 1. The van der Waals surface area contributed by atoms with Gasteiger partial charge in [0.25, 0.3) is 5.89 Å². The molecule has 4 rings (SSSR count). The minimum Gasteiger partial charge on any atom is -0.459 e. The van der Waals surface area contributed by atoms with Crippen LogP contribution in [0.25, 0.3) is 23.4 Å². The highest BCUT2D eigenvalue weighted by Gasteiger charge is 2.16. The third kappa shape index (κ3) is 4.54. The van der Waals surface area contributed by atoms with Crippen LogP contribution in [0.15, 0.2) is 76.3 Å². The highest BCUT2D eigenvalue weighted by Crippen LogP contribution is 2.19. The lowest BCUT2D eigenvalue weighted by atomic mass is 10.2. The molecule has 0 bridgehead atoms. The van der Waals surface area contributed by atoms with E-state index in [2.05, 4.69) is 15.2 Å². The highest BCUT2D eigenvalue weighted by molar-refractivity contribution is 5.91. The molecule has 0 radical (unpaired) electrons. The molecule has 152 valence electrons. The van der Waals surface area contributed by atoms with Crippen LogP contribution in [-0.2, 0) is 11.3 Å². The number of imidazole rings is 1. The number of carbonyl (C=O) groups is 1. The fourth-order valence-corrected chi connectivity index (χ4v) is 2.96. The highest BCUT2D eigenvalue weighted by atomic mass is 16.4. The topological polar surface area (TPSA) is 90.2 Å². The molecule has 4 aromatic rings. The van der Waals surface area contributed by atoms with Crippen LogP contribution in [0, 0.1) is 0 Å². The van der Waals surface area contributed by atoms with Gasteiger partial charge in [-0.3, -0.25) is 4.79 Å². The van der Waals surface area contributed by atoms with Crippen LogP contribution >= 0.6 is 0 Å². The van der Waals surface area contributed by atoms with E-state index in [4.69, 9.17) is 8.83 Å². The average molecular weight is 403 g/mol. The largest absolute Gasteiger partial charge is 0.459 e. The number of hydrogen-bond acceptors (Lipinski definition) is 6. The van der Waals surface area contributed by atoms with Crippen molar-refractivity contribution in [2.24, 2.45) is 0 Å². The van der Waals surface area contributed by atoms with E-state index in [1.54, 1.807) is 48.0 Å². The molecule has 0 saturated carbocycles. The first kappa shape index (κ1) is 19.4. The molecule has 1 aromatic carbocycles. The van der Waals surface area contributed by atoms with E-state index in [1.165, 1.54) is 0 Å². The van der Waals surface area contributed by atoms with Crippen LogP contribution in [0.4, 0.5) is 0 Å². The summed E-state index contributed by atoms with van der Waals surface area (Å²) < 4.78 is 12.8. The van der Waals surface area contributed by atoms with Gasteiger partial charge in [0.05, 0.1) is 19.1 Å². The van der Waals surface area contributed by atoms with E-state index >= 15 is 0 Å². The minimum absolute atomic E-state index is 0.117. The first-order chi connectivity index (χ1) is 14.7. The minimum atomic E-state index is -0.117. The molecule has 0 aliphatic heterocycles. The standard InChI is InChI=1S/C22H21N5O3/c1-2-12-26(15-20-24-25-22(30-20)19-4-3-14-29-19)21(28)10-7-17-5-8-18(9-6-17)27-13-11-23-16-27/h3-11,13-14,16H,2,12,15H2,1H3/b10-7+. The van der Waals surface area contributed by atoms with Crippen molar-refractivity contribution >= 4 is 12.0 Å². The molecule has 0 atom stereocenters. The summed E-state index contributed by atoms with van der Waals surface area (Å²) >= 11 is 0. The van der Waals surface area contributed by atoms with Gasteiger partial charge >= 0.3 is 0 Å². The molecule has 3 heterocycles. The van der Waals surface area contributed by atoms with Gasteiger partial charge in [-0.25, -0.2) is 4.98 Å². The van der Waals surface area contributed by atoms with E-state index in [9.17, 15) is 4.79 Å². The lowest BCUT2D eigenvalue weighted by Gasteiger charge is -2.18. The van der Waals surface area contributed by atoms with Crippen LogP contribution in [0.3, 0.4) is 0 Å². The molecule has 3 aromatic heterocycles. The van der Waals surface area contributed by atoms with E-state index in [-0.39, 0.29) is 12.5 Å². The molecule has 8 heteroatoms. The zero-order valence-corrected chi connectivity index (χ0v) is 16.5. The van der Waals surface area contributed by atoms with Crippen LogP contribution in [0.1, 0.15) is 24.8 Å². The third-order valence-corrected chi connectivity index (χ3v) is 4.44. The van der Waals surface area contributed by atoms with Crippen molar-refractivity contribution < 1.29 is 13.6 Å². The van der Waals surface area contributed by atoms with Crippen LogP contribution < -0.4 is 0 Å². The van der Waals surface area contributed by atoms with Crippen molar-refractivity contribution in [3.63, 3.8) is 0 Å². The molecular formula is C22H21N5O3. The molecular weight excluding hydrogens is 382 g/mol. The lowest BCUT2D eigenvalue weighted by molar-refractivity contribution is -0.126. The first-order valence-electron chi connectivity index (χ1n) is 9.64. The van der Waals surface area contributed by atoms with Crippen molar-refractivity contribution in [2.45, 2.75) is 19.9 Å². The number of benzene rings is 1. The van der Waals surface area contributed by atoms with Gasteiger partial charge in [-0.05, 0) is 42.3 Å². The zero-order chi connectivity index (χ0) is 20.8. The zero-order valence-electron chi connectivity index (χ0n) is 16.5. The second kappa shape index (κ2) is 9.04. The van der Waals surface area contributed by atoms with Gasteiger partial charge < -0.3 is 18.3 Å². The molecule has 30 heavy (non-hydrogen) atoms. The van der Waals surface area contributed by atoms with E-state index in [1.807, 2.05) is 42.0 Å². The number of rotatable bonds is 8. The maximum Gasteiger partial charge on any atom is 0.283 e. The maximum atomic E-state index is 12.7. The molecule has 0 N–H and O–H groups in total. The summed E-state index contributed by atoms with van der Waals surface area (Å²) in [6.45, 7) is 2.84. The molecule has 0 fully saturated rings. The third-order valence-electron chi connectivity index (χ3n) is 4.44. The smallest absolute Gasteiger partial charge is 0.283 e. The Morgan fingerprint density at radius 2 is 2.07 bits per heavy atom. The Morgan fingerprint density at radius 1 is 1.20 bits per heavy atom. The van der Waals surface area contributed by atoms with Gasteiger partial charge in [0.15, 0.2) is 5.76 Å². The Kier molecular flexibility index (Phi) is 5.84. The molecule has 8 nitrogen and oxygen atoms in total. The summed E-state index contributed by atoms with van der Waals surface area (Å²) in [6.07, 6.45) is 11.1. The Balaban J connectivity index is 1.41. The fourth-order valence-electron chi connectivity index (χ4n) is 2.96. The summed E-state index contributed by atoms with van der Waals surface area (Å²) in [6, 6.07) is 11.4. The van der Waals surface area contributed by atoms with Gasteiger partial charge in [-0.15, -0.1) is 10.2 Å². The first-order valence-corrected chi connectivity index (χ1v) is 9.64. The summed E-state index contributed by atoms with van der Waals surface area (Å²) in [5, 5.41) is 8.01. The number of aromatic nitrogens is 4. The fraction of sp³-hybridized carbons (Fsp3) is 0.182. The number of carbonyl (C=O) groups excluding carboxylic acids is 1. The predicted octanol–water partition coefficient (Wildman–Crippen LogP) is 3.97. The maximum absolute atomic E-state index is 12.7. The molecule has 0 aliphatic rings. The Hall–Kier alpha value is -3.94. The number of nitrogens with zero attached hydrogens (tertiary/aromatic N) is 5. The predicted molar refractivity (Wildman–Crippen MR) is 110 cm³/mol. The monoisotopic (exact) mass is 403 g/mol. The van der Waals surface area contributed by atoms with Crippen LogP contribution in [0.2, 0.25) is 0 Å². The van der Waals surface area contributed by atoms with Gasteiger partial charge in [0.1, 0.15) is 0 Å². The van der Waals surface area contributed by atoms with Crippen molar-refractivity contribution in [1.82, 2.24) is 24.6 Å². The molecule has 0 spiro atoms. The normalized spacial score (nSPS) is 11.2. The van der Waals surface area contributed by atoms with Crippen LogP contribution in [0.5, 0.6) is 0 Å². The van der Waals surface area contributed by atoms with E-state index in [0.717, 1.165) is 17.7 Å². The number of hydrogen-bond donors (Lipinski definition) is 0. The van der Waals surface area contributed by atoms with Gasteiger partial charge in [-0.1, -0.05) is 19.1 Å². The van der Waals surface area contributed by atoms with Crippen LogP contribution in [-0.4, -0.2) is 37.1 Å². The van der Waals surface area contributed by atoms with Crippen molar-refractivity contribution in [1.29, 1.82) is 0 Å². The average Bonchev–Trinajstić information content (AvgIpc) is 3.54. The summed E-state index contributed by atoms with van der Waals surface area (Å²) in [4.78, 5) is 18.4. The second-order valence-corrected chi connectivity index (χ2v) is 6.63. The van der Waals surface area contributed by atoms with Crippen molar-refractivity contribution in [3.05, 3.63) is 78.9 Å². The quantitative estimate of drug-likeness (QED) is 0.414. The lowest BCUT2D eigenvalue weighted by Crippen LogP contribution is -2.29. The molecule has 0 saturated heterocycles. The summed E-state index contributed by atoms with van der Waals surface area (Å²) in [5.41, 5.74) is 1.94. The van der Waals surface area contributed by atoms with Gasteiger partial charge in [0, 0.05) is 30.7 Å². The van der Waals surface area contributed by atoms with E-state index in [0.29, 0.717) is 24.1 Å². The SMILES string of the molecule is CCCN(Cc1nnc(-c2ccco2)o1)C(=O)/C=C/c1ccc(-n2ccnc2)cc1.